The maximum Gasteiger partial charge on any atom is 0.170 e. The lowest BCUT2D eigenvalue weighted by Gasteiger charge is -2.48. The molecule has 3 heteroatoms. The van der Waals surface area contributed by atoms with Crippen LogP contribution in [0.15, 0.2) is 4.99 Å². The van der Waals surface area contributed by atoms with Gasteiger partial charge in [0.15, 0.2) is 6.40 Å². The highest BCUT2D eigenvalue weighted by Crippen LogP contribution is 2.46. The zero-order valence-electron chi connectivity index (χ0n) is 10.0. The van der Waals surface area contributed by atoms with Crippen LogP contribution in [-0.2, 0) is 4.74 Å². The predicted octanol–water partition coefficient (Wildman–Crippen LogP) is 1.99. The summed E-state index contributed by atoms with van der Waals surface area (Å²) in [6, 6.07) is -0.0736. The van der Waals surface area contributed by atoms with E-state index in [1.165, 1.54) is 6.40 Å². The van der Waals surface area contributed by atoms with Gasteiger partial charge in [-0.25, -0.2) is 4.99 Å². The summed E-state index contributed by atoms with van der Waals surface area (Å²) < 4.78 is 5.40. The van der Waals surface area contributed by atoms with Gasteiger partial charge in [0.25, 0.3) is 0 Å². The lowest BCUT2D eigenvalue weighted by atomic mass is 9.62. The number of hydrogen-bond donors (Lipinski definition) is 1. The fourth-order valence-corrected chi connectivity index (χ4v) is 3.24. The highest BCUT2D eigenvalue weighted by atomic mass is 16.5. The van der Waals surface area contributed by atoms with Crippen LogP contribution in [0, 0.1) is 11.3 Å². The number of rotatable bonds is 0. The zero-order valence-corrected chi connectivity index (χ0v) is 10.0. The molecule has 1 aliphatic heterocycles. The Kier molecular flexibility index (Phi) is 2.34. The summed E-state index contributed by atoms with van der Waals surface area (Å²) in [6.45, 7) is 8.47. The molecule has 3 nitrogen and oxygen atoms in total. The molecule has 0 amide bonds. The Labute approximate surface area is 91.5 Å². The molecule has 86 valence electrons. The van der Waals surface area contributed by atoms with Crippen LogP contribution in [-0.4, -0.2) is 29.3 Å². The monoisotopic (exact) mass is 211 g/mol. The van der Waals surface area contributed by atoms with Crippen LogP contribution in [0.3, 0.4) is 0 Å². The molecule has 0 aromatic rings. The van der Waals surface area contributed by atoms with Gasteiger partial charge in [-0.05, 0) is 31.1 Å². The van der Waals surface area contributed by atoms with Crippen LogP contribution >= 0.6 is 0 Å². The van der Waals surface area contributed by atoms with E-state index in [-0.39, 0.29) is 23.5 Å². The van der Waals surface area contributed by atoms with E-state index in [0.717, 1.165) is 12.8 Å². The fourth-order valence-electron chi connectivity index (χ4n) is 3.24. The van der Waals surface area contributed by atoms with Crippen molar-refractivity contribution in [1.82, 2.24) is 0 Å². The van der Waals surface area contributed by atoms with E-state index in [1.807, 2.05) is 6.92 Å². The molecule has 0 aromatic heterocycles. The van der Waals surface area contributed by atoms with E-state index in [2.05, 4.69) is 25.8 Å². The molecule has 0 saturated heterocycles. The van der Waals surface area contributed by atoms with Crippen LogP contribution in [0.4, 0.5) is 0 Å². The molecular weight excluding hydrogens is 190 g/mol. The number of nitrogens with zero attached hydrogens (tertiary/aromatic N) is 1. The Balaban J connectivity index is 2.26. The van der Waals surface area contributed by atoms with Crippen molar-refractivity contribution >= 4 is 6.40 Å². The van der Waals surface area contributed by atoms with Crippen LogP contribution in [0.2, 0.25) is 0 Å². The van der Waals surface area contributed by atoms with Crippen molar-refractivity contribution in [3.63, 3.8) is 0 Å². The molecule has 4 atom stereocenters. The van der Waals surface area contributed by atoms with Gasteiger partial charge >= 0.3 is 0 Å². The molecule has 0 aromatic carbocycles. The first kappa shape index (κ1) is 10.9. The number of fused-ring (bicyclic) bond motifs is 1. The quantitative estimate of drug-likeness (QED) is 0.665. The first-order valence-electron chi connectivity index (χ1n) is 5.73. The van der Waals surface area contributed by atoms with Gasteiger partial charge in [0.05, 0.1) is 5.60 Å². The third kappa shape index (κ3) is 1.67. The number of hydrogen-bond acceptors (Lipinski definition) is 3. The number of aliphatic imine (C=N–C) groups is 1. The van der Waals surface area contributed by atoms with Gasteiger partial charge in [-0.3, -0.25) is 0 Å². The second kappa shape index (κ2) is 3.21. The maximum absolute atomic E-state index is 10.6. The van der Waals surface area contributed by atoms with Crippen molar-refractivity contribution in [2.45, 2.75) is 58.3 Å². The van der Waals surface area contributed by atoms with E-state index >= 15 is 0 Å². The first-order chi connectivity index (χ1) is 6.83. The largest absolute Gasteiger partial charge is 0.478 e. The Hall–Kier alpha value is -0.570. The molecule has 0 bridgehead atoms. The summed E-state index contributed by atoms with van der Waals surface area (Å²) in [5.41, 5.74) is -0.624. The van der Waals surface area contributed by atoms with Crippen molar-refractivity contribution in [3.05, 3.63) is 0 Å². The summed E-state index contributed by atoms with van der Waals surface area (Å²) in [6.07, 6.45) is 3.62. The van der Waals surface area contributed by atoms with Gasteiger partial charge in [-0.2, -0.15) is 0 Å². The average Bonchev–Trinajstić information content (AvgIpc) is 2.49. The van der Waals surface area contributed by atoms with Gasteiger partial charge < -0.3 is 9.84 Å². The number of ether oxygens (including phenoxy) is 1. The molecule has 0 spiro atoms. The first-order valence-corrected chi connectivity index (χ1v) is 5.73. The molecule has 0 unspecified atom stereocenters. The normalized spacial score (nSPS) is 45.0. The van der Waals surface area contributed by atoms with Crippen molar-refractivity contribution in [3.8, 4) is 0 Å². The third-order valence-electron chi connectivity index (χ3n) is 3.90. The Bertz CT molecular complexity index is 278. The highest BCUT2D eigenvalue weighted by molar-refractivity contribution is 5.50. The van der Waals surface area contributed by atoms with Crippen molar-refractivity contribution in [1.29, 1.82) is 0 Å². The molecule has 2 aliphatic rings. The smallest absolute Gasteiger partial charge is 0.170 e. The lowest BCUT2D eigenvalue weighted by molar-refractivity contribution is -0.111. The minimum atomic E-state index is -0.742. The molecule has 1 N–H and O–H groups in total. The predicted molar refractivity (Wildman–Crippen MR) is 60.0 cm³/mol. The average molecular weight is 211 g/mol. The molecule has 1 heterocycles. The Morgan fingerprint density at radius 1 is 1.40 bits per heavy atom. The summed E-state index contributed by atoms with van der Waals surface area (Å²) >= 11 is 0. The van der Waals surface area contributed by atoms with Crippen LogP contribution in [0.25, 0.3) is 0 Å². The SMILES string of the molecule is CC(C)(C)[C@H]1CC[C@H]2OC=N[C@H]2[C@]1(C)O. The van der Waals surface area contributed by atoms with E-state index in [0.29, 0.717) is 0 Å². The summed E-state index contributed by atoms with van der Waals surface area (Å²) in [5.74, 6) is 0.282. The van der Waals surface area contributed by atoms with Crippen molar-refractivity contribution in [2.24, 2.45) is 16.3 Å². The second-order valence-electron chi connectivity index (χ2n) is 6.10. The standard InChI is InChI=1S/C12H21NO2/c1-11(2,3)9-6-5-8-10(12(9,4)14)13-7-15-8/h7-10,14H,5-6H2,1-4H3/t8-,9-,10-,12-/m1/s1. The van der Waals surface area contributed by atoms with E-state index in [9.17, 15) is 5.11 Å². The molecular formula is C12H21NO2. The summed E-state index contributed by atoms with van der Waals surface area (Å²) in [7, 11) is 0. The zero-order chi connectivity index (χ0) is 11.3. The number of aliphatic hydroxyl groups is 1. The molecule has 1 aliphatic carbocycles. The fraction of sp³-hybridized carbons (Fsp3) is 0.917. The lowest BCUT2D eigenvalue weighted by Crippen LogP contribution is -2.56. The molecule has 2 rings (SSSR count). The van der Waals surface area contributed by atoms with E-state index in [4.69, 9.17) is 4.74 Å². The van der Waals surface area contributed by atoms with Crippen molar-refractivity contribution in [2.75, 3.05) is 0 Å². The van der Waals surface area contributed by atoms with Gasteiger partial charge in [0.2, 0.25) is 0 Å². The van der Waals surface area contributed by atoms with Gasteiger partial charge in [-0.1, -0.05) is 20.8 Å². The second-order valence-corrected chi connectivity index (χ2v) is 6.10. The van der Waals surface area contributed by atoms with Crippen molar-refractivity contribution < 1.29 is 9.84 Å². The molecule has 1 fully saturated rings. The van der Waals surface area contributed by atoms with Crippen LogP contribution in [0.1, 0.15) is 40.5 Å². The highest BCUT2D eigenvalue weighted by Gasteiger charge is 2.53. The molecule has 15 heavy (non-hydrogen) atoms. The Morgan fingerprint density at radius 3 is 2.67 bits per heavy atom. The van der Waals surface area contributed by atoms with Gasteiger partial charge in [0, 0.05) is 0 Å². The molecule has 0 radical (unpaired) electrons. The van der Waals surface area contributed by atoms with Crippen LogP contribution in [0.5, 0.6) is 0 Å². The topological polar surface area (TPSA) is 41.8 Å². The van der Waals surface area contributed by atoms with Gasteiger partial charge in [0.1, 0.15) is 12.1 Å². The maximum atomic E-state index is 10.6. The van der Waals surface area contributed by atoms with E-state index in [1.54, 1.807) is 0 Å². The molecule has 1 saturated carbocycles. The van der Waals surface area contributed by atoms with Gasteiger partial charge in [-0.15, -0.1) is 0 Å². The minimum absolute atomic E-state index is 0.0736. The minimum Gasteiger partial charge on any atom is -0.478 e. The summed E-state index contributed by atoms with van der Waals surface area (Å²) in [5, 5.41) is 10.6. The van der Waals surface area contributed by atoms with E-state index < -0.39 is 5.60 Å². The Morgan fingerprint density at radius 2 is 2.07 bits per heavy atom. The van der Waals surface area contributed by atoms with Crippen LogP contribution < -0.4 is 0 Å². The summed E-state index contributed by atoms with van der Waals surface area (Å²) in [4.78, 5) is 4.28. The third-order valence-corrected chi connectivity index (χ3v) is 3.90.